The van der Waals surface area contributed by atoms with E-state index in [0.717, 1.165) is 0 Å². The number of aliphatic hydroxyl groups excluding tert-OH is 1. The van der Waals surface area contributed by atoms with Crippen molar-refractivity contribution in [3.05, 3.63) is 12.2 Å². The Hall–Kier alpha value is -0.340. The molecule has 8 heavy (non-hydrogen) atoms. The number of rotatable bonds is 2. The second kappa shape index (κ2) is 3.64. The molecule has 0 heterocycles. The second-order valence-electron chi connectivity index (χ2n) is 1.90. The maximum Gasteiger partial charge on any atom is 0.126 e. The summed E-state index contributed by atoms with van der Waals surface area (Å²) in [6.45, 7) is 1.88. The van der Waals surface area contributed by atoms with Crippen LogP contribution in [0.2, 0.25) is 0 Å². The van der Waals surface area contributed by atoms with Gasteiger partial charge in [-0.25, -0.2) is 0 Å². The standard InChI is InChI=1S/C6H13NO/c1-4-5-6(8)7(2)3/h4-6,8H,1-3H3. The highest BCUT2D eigenvalue weighted by molar-refractivity contribution is 4.83. The summed E-state index contributed by atoms with van der Waals surface area (Å²) in [7, 11) is 3.65. The molecule has 1 atom stereocenters. The van der Waals surface area contributed by atoms with Crippen molar-refractivity contribution in [2.24, 2.45) is 0 Å². The van der Waals surface area contributed by atoms with E-state index in [0.29, 0.717) is 0 Å². The Morgan fingerprint density at radius 1 is 1.50 bits per heavy atom. The third-order valence-corrected chi connectivity index (χ3v) is 0.894. The average Bonchev–Trinajstić information content (AvgIpc) is 1.67. The number of nitrogens with zero attached hydrogens (tertiary/aromatic N) is 1. The lowest BCUT2D eigenvalue weighted by molar-refractivity contribution is 0.0835. The summed E-state index contributed by atoms with van der Waals surface area (Å²) in [6, 6.07) is 0. The van der Waals surface area contributed by atoms with E-state index in [1.807, 2.05) is 27.1 Å². The van der Waals surface area contributed by atoms with Crippen LogP contribution in [0.3, 0.4) is 0 Å². The lowest BCUT2D eigenvalue weighted by Crippen LogP contribution is -2.24. The minimum atomic E-state index is -0.431. The first-order valence-corrected chi connectivity index (χ1v) is 2.65. The number of allylic oxidation sites excluding steroid dienone is 1. The molecule has 0 saturated heterocycles. The van der Waals surface area contributed by atoms with Crippen molar-refractivity contribution in [1.82, 2.24) is 4.90 Å². The molecule has 48 valence electrons. The molecule has 0 aromatic heterocycles. The van der Waals surface area contributed by atoms with E-state index >= 15 is 0 Å². The molecule has 2 nitrogen and oxygen atoms in total. The number of hydrogen-bond acceptors (Lipinski definition) is 2. The van der Waals surface area contributed by atoms with Gasteiger partial charge in [-0.1, -0.05) is 6.08 Å². The van der Waals surface area contributed by atoms with Gasteiger partial charge in [-0.2, -0.15) is 0 Å². The molecule has 0 aliphatic carbocycles. The van der Waals surface area contributed by atoms with Crippen molar-refractivity contribution >= 4 is 0 Å². The maximum atomic E-state index is 8.97. The van der Waals surface area contributed by atoms with Gasteiger partial charge >= 0.3 is 0 Å². The Balaban J connectivity index is 3.47. The van der Waals surface area contributed by atoms with Crippen LogP contribution in [0.4, 0.5) is 0 Å². The van der Waals surface area contributed by atoms with Crippen molar-refractivity contribution in [1.29, 1.82) is 0 Å². The van der Waals surface area contributed by atoms with E-state index in [1.165, 1.54) is 0 Å². The minimum Gasteiger partial charge on any atom is -0.375 e. The summed E-state index contributed by atoms with van der Waals surface area (Å²) < 4.78 is 0. The van der Waals surface area contributed by atoms with E-state index in [9.17, 15) is 0 Å². The van der Waals surface area contributed by atoms with Gasteiger partial charge in [0.05, 0.1) is 0 Å². The summed E-state index contributed by atoms with van der Waals surface area (Å²) in [4.78, 5) is 1.72. The summed E-state index contributed by atoms with van der Waals surface area (Å²) in [5.41, 5.74) is 0. The highest BCUT2D eigenvalue weighted by Crippen LogP contribution is 1.87. The summed E-state index contributed by atoms with van der Waals surface area (Å²) >= 11 is 0. The molecule has 0 spiro atoms. The molecule has 0 saturated carbocycles. The molecule has 0 bridgehead atoms. The van der Waals surface area contributed by atoms with Gasteiger partial charge in [0.2, 0.25) is 0 Å². The van der Waals surface area contributed by atoms with E-state index in [4.69, 9.17) is 5.11 Å². The zero-order chi connectivity index (χ0) is 6.57. The molecule has 0 amide bonds. The fourth-order valence-corrected chi connectivity index (χ4v) is 0.344. The van der Waals surface area contributed by atoms with Crippen molar-refractivity contribution < 1.29 is 5.11 Å². The monoisotopic (exact) mass is 115 g/mol. The average molecular weight is 115 g/mol. The van der Waals surface area contributed by atoms with Gasteiger partial charge in [-0.3, -0.25) is 4.90 Å². The van der Waals surface area contributed by atoms with Crippen molar-refractivity contribution in [2.45, 2.75) is 13.2 Å². The molecule has 0 radical (unpaired) electrons. The first-order chi connectivity index (χ1) is 3.68. The normalized spacial score (nSPS) is 15.6. The smallest absolute Gasteiger partial charge is 0.126 e. The largest absolute Gasteiger partial charge is 0.375 e. The fraction of sp³-hybridized carbons (Fsp3) is 0.667. The summed E-state index contributed by atoms with van der Waals surface area (Å²) in [5.74, 6) is 0. The molecule has 0 aromatic carbocycles. The Morgan fingerprint density at radius 3 is 2.12 bits per heavy atom. The molecule has 0 rings (SSSR count). The molecule has 1 N–H and O–H groups in total. The lowest BCUT2D eigenvalue weighted by Gasteiger charge is -2.12. The molecule has 0 aliphatic rings. The zero-order valence-corrected chi connectivity index (χ0v) is 5.63. The minimum absolute atomic E-state index is 0.431. The summed E-state index contributed by atoms with van der Waals surface area (Å²) in [5, 5.41) is 8.97. The Labute approximate surface area is 50.4 Å². The maximum absolute atomic E-state index is 8.97. The van der Waals surface area contributed by atoms with Gasteiger partial charge in [0.15, 0.2) is 0 Å². The molecular formula is C6H13NO. The van der Waals surface area contributed by atoms with E-state index in [2.05, 4.69) is 0 Å². The van der Waals surface area contributed by atoms with Crippen molar-refractivity contribution in [3.63, 3.8) is 0 Å². The fourth-order valence-electron chi connectivity index (χ4n) is 0.344. The Kier molecular flexibility index (Phi) is 3.48. The molecule has 0 aliphatic heterocycles. The second-order valence-corrected chi connectivity index (χ2v) is 1.90. The van der Waals surface area contributed by atoms with Crippen molar-refractivity contribution in [2.75, 3.05) is 14.1 Å². The SMILES string of the molecule is CC=CC(O)N(C)C. The first-order valence-electron chi connectivity index (χ1n) is 2.65. The van der Waals surface area contributed by atoms with Gasteiger partial charge in [0.1, 0.15) is 6.23 Å². The van der Waals surface area contributed by atoms with Crippen LogP contribution in [0.5, 0.6) is 0 Å². The van der Waals surface area contributed by atoms with Crippen LogP contribution in [0.25, 0.3) is 0 Å². The first kappa shape index (κ1) is 7.66. The van der Waals surface area contributed by atoms with Gasteiger partial charge < -0.3 is 5.11 Å². The van der Waals surface area contributed by atoms with Crippen molar-refractivity contribution in [3.8, 4) is 0 Å². The van der Waals surface area contributed by atoms with Crippen LogP contribution < -0.4 is 0 Å². The Morgan fingerprint density at radius 2 is 2.00 bits per heavy atom. The van der Waals surface area contributed by atoms with Gasteiger partial charge in [-0.15, -0.1) is 0 Å². The van der Waals surface area contributed by atoms with Crippen LogP contribution in [0, 0.1) is 0 Å². The predicted molar refractivity (Wildman–Crippen MR) is 34.5 cm³/mol. The van der Waals surface area contributed by atoms with E-state index in [1.54, 1.807) is 11.0 Å². The number of hydrogen-bond donors (Lipinski definition) is 1. The third-order valence-electron chi connectivity index (χ3n) is 0.894. The quantitative estimate of drug-likeness (QED) is 0.417. The van der Waals surface area contributed by atoms with Gasteiger partial charge in [-0.05, 0) is 27.1 Å². The summed E-state index contributed by atoms with van der Waals surface area (Å²) in [6.07, 6.45) is 3.12. The van der Waals surface area contributed by atoms with Gasteiger partial charge in [0, 0.05) is 0 Å². The molecule has 1 unspecified atom stereocenters. The third kappa shape index (κ3) is 2.77. The highest BCUT2D eigenvalue weighted by atomic mass is 16.3. The number of aliphatic hydroxyl groups is 1. The van der Waals surface area contributed by atoms with E-state index in [-0.39, 0.29) is 0 Å². The topological polar surface area (TPSA) is 23.5 Å². The molecule has 0 aromatic rings. The van der Waals surface area contributed by atoms with Gasteiger partial charge in [0.25, 0.3) is 0 Å². The van der Waals surface area contributed by atoms with E-state index < -0.39 is 6.23 Å². The highest BCUT2D eigenvalue weighted by Gasteiger charge is 1.96. The van der Waals surface area contributed by atoms with Crippen LogP contribution in [-0.2, 0) is 0 Å². The molecule has 2 heteroatoms. The lowest BCUT2D eigenvalue weighted by atomic mass is 10.4. The van der Waals surface area contributed by atoms with Crippen LogP contribution in [0.15, 0.2) is 12.2 Å². The molecular weight excluding hydrogens is 102 g/mol. The number of likely N-dealkylation sites (N-methyl/N-ethyl adjacent to an activating group) is 1. The Bertz CT molecular complexity index is 78.6. The zero-order valence-electron chi connectivity index (χ0n) is 5.63. The predicted octanol–water partition coefficient (Wildman–Crippen LogP) is 0.443. The van der Waals surface area contributed by atoms with Crippen LogP contribution in [0.1, 0.15) is 6.92 Å². The van der Waals surface area contributed by atoms with Crippen LogP contribution >= 0.6 is 0 Å². The molecule has 0 fully saturated rings. The van der Waals surface area contributed by atoms with Crippen LogP contribution in [-0.4, -0.2) is 30.3 Å².